The van der Waals surface area contributed by atoms with E-state index in [9.17, 15) is 9.59 Å². The maximum atomic E-state index is 11.5. The minimum absolute atomic E-state index is 0.0450. The number of hydrogen-bond acceptors (Lipinski definition) is 3. The normalized spacial score (nSPS) is 20.8. The van der Waals surface area contributed by atoms with E-state index >= 15 is 0 Å². The largest absolute Gasteiger partial charge is 0.469 e. The Balaban J connectivity index is 2.49. The van der Waals surface area contributed by atoms with E-state index in [0.29, 0.717) is 19.5 Å². The minimum Gasteiger partial charge on any atom is -0.469 e. The van der Waals surface area contributed by atoms with Gasteiger partial charge in [-0.1, -0.05) is 0 Å². The highest BCUT2D eigenvalue weighted by atomic mass is 16.5. The first-order valence-electron chi connectivity index (χ1n) is 4.60. The third-order valence-corrected chi connectivity index (χ3v) is 2.38. The Morgan fingerprint density at radius 3 is 2.57 bits per heavy atom. The van der Waals surface area contributed by atoms with E-state index in [4.69, 9.17) is 0 Å². The lowest BCUT2D eigenvalue weighted by atomic mass is 10.1. The number of carbonyl (C=O) groups is 2. The molecule has 0 aromatic carbocycles. The van der Waals surface area contributed by atoms with Crippen molar-refractivity contribution < 1.29 is 14.3 Å². The van der Waals surface area contributed by atoms with Crippen molar-refractivity contribution in [2.24, 2.45) is 5.92 Å². The fraction of sp³-hybridized carbons (Fsp3) is 0.778. The highest BCUT2D eigenvalue weighted by Gasteiger charge is 2.32. The van der Waals surface area contributed by atoms with Crippen molar-refractivity contribution in [2.75, 3.05) is 34.3 Å². The lowest BCUT2D eigenvalue weighted by Crippen LogP contribution is -2.38. The Kier molecular flexibility index (Phi) is 3.33. The van der Waals surface area contributed by atoms with Crippen LogP contribution in [0.4, 0.5) is 4.79 Å². The zero-order valence-corrected chi connectivity index (χ0v) is 8.82. The predicted molar refractivity (Wildman–Crippen MR) is 50.8 cm³/mol. The van der Waals surface area contributed by atoms with E-state index < -0.39 is 0 Å². The number of methoxy groups -OCH3 is 1. The van der Waals surface area contributed by atoms with Gasteiger partial charge in [0.15, 0.2) is 0 Å². The van der Waals surface area contributed by atoms with Gasteiger partial charge in [0.1, 0.15) is 0 Å². The van der Waals surface area contributed by atoms with E-state index in [1.807, 2.05) is 0 Å². The summed E-state index contributed by atoms with van der Waals surface area (Å²) in [4.78, 5) is 25.9. The lowest BCUT2D eigenvalue weighted by Gasteiger charge is -2.20. The van der Waals surface area contributed by atoms with Crippen molar-refractivity contribution in [3.8, 4) is 0 Å². The van der Waals surface area contributed by atoms with E-state index in [2.05, 4.69) is 4.74 Å². The number of nitrogens with zero attached hydrogens (tertiary/aromatic N) is 2. The number of likely N-dealkylation sites (tertiary alicyclic amines) is 1. The Morgan fingerprint density at radius 1 is 1.43 bits per heavy atom. The van der Waals surface area contributed by atoms with E-state index in [1.165, 1.54) is 12.0 Å². The van der Waals surface area contributed by atoms with Gasteiger partial charge in [-0.3, -0.25) is 4.79 Å². The molecule has 5 heteroatoms. The number of ether oxygens (including phenoxy) is 1. The minimum atomic E-state index is -0.223. The molecule has 1 atom stereocenters. The van der Waals surface area contributed by atoms with Crippen molar-refractivity contribution in [2.45, 2.75) is 6.42 Å². The number of carbonyl (C=O) groups excluding carboxylic acids is 2. The predicted octanol–water partition coefficient (Wildman–Crippen LogP) is 0.163. The van der Waals surface area contributed by atoms with E-state index in [1.54, 1.807) is 19.0 Å². The molecule has 0 aromatic rings. The molecule has 0 N–H and O–H groups in total. The monoisotopic (exact) mass is 200 g/mol. The standard InChI is InChI=1S/C9H16N2O3/c1-10(2)9(13)11-5-4-7(6-11)8(12)14-3/h7H,4-6H2,1-3H3. The first-order valence-corrected chi connectivity index (χ1v) is 4.60. The molecular formula is C9H16N2O3. The summed E-state index contributed by atoms with van der Waals surface area (Å²) in [6.07, 6.45) is 0.701. The molecule has 1 rings (SSSR count). The molecule has 1 unspecified atom stereocenters. The Labute approximate surface area is 83.6 Å². The Hall–Kier alpha value is -1.26. The summed E-state index contributed by atoms with van der Waals surface area (Å²) in [7, 11) is 4.78. The maximum absolute atomic E-state index is 11.5. The van der Waals surface area contributed by atoms with Gasteiger partial charge in [-0.2, -0.15) is 0 Å². The van der Waals surface area contributed by atoms with Crippen LogP contribution in [0.25, 0.3) is 0 Å². The summed E-state index contributed by atoms with van der Waals surface area (Å²) in [5, 5.41) is 0. The number of hydrogen-bond donors (Lipinski definition) is 0. The fourth-order valence-electron chi connectivity index (χ4n) is 1.58. The molecule has 14 heavy (non-hydrogen) atoms. The molecule has 1 fully saturated rings. The second-order valence-electron chi connectivity index (χ2n) is 3.63. The highest BCUT2D eigenvalue weighted by Crippen LogP contribution is 2.18. The van der Waals surface area contributed by atoms with Crippen LogP contribution in [0.5, 0.6) is 0 Å². The van der Waals surface area contributed by atoms with Gasteiger partial charge in [-0.15, -0.1) is 0 Å². The quantitative estimate of drug-likeness (QED) is 0.567. The lowest BCUT2D eigenvalue weighted by molar-refractivity contribution is -0.144. The van der Waals surface area contributed by atoms with Crippen LogP contribution in [0.15, 0.2) is 0 Å². The van der Waals surface area contributed by atoms with Gasteiger partial charge < -0.3 is 14.5 Å². The first-order chi connectivity index (χ1) is 6.56. The molecule has 0 radical (unpaired) electrons. The zero-order valence-electron chi connectivity index (χ0n) is 8.82. The summed E-state index contributed by atoms with van der Waals surface area (Å²) in [6, 6.07) is -0.0450. The summed E-state index contributed by atoms with van der Waals surface area (Å²) in [5.74, 6) is -0.372. The van der Waals surface area contributed by atoms with Gasteiger partial charge >= 0.3 is 12.0 Å². The molecule has 0 saturated carbocycles. The van der Waals surface area contributed by atoms with Crippen LogP contribution in [-0.4, -0.2) is 56.1 Å². The van der Waals surface area contributed by atoms with Crippen molar-refractivity contribution in [1.29, 1.82) is 0 Å². The fourth-order valence-corrected chi connectivity index (χ4v) is 1.58. The van der Waals surface area contributed by atoms with Crippen molar-refractivity contribution in [3.05, 3.63) is 0 Å². The number of esters is 1. The SMILES string of the molecule is COC(=O)C1CCN(C(=O)N(C)C)C1. The van der Waals surface area contributed by atoms with Crippen LogP contribution < -0.4 is 0 Å². The van der Waals surface area contributed by atoms with Gasteiger partial charge in [0.25, 0.3) is 0 Å². The third kappa shape index (κ3) is 2.16. The van der Waals surface area contributed by atoms with Gasteiger partial charge in [-0.25, -0.2) is 4.79 Å². The summed E-state index contributed by atoms with van der Waals surface area (Å²) in [5.41, 5.74) is 0. The number of urea groups is 1. The summed E-state index contributed by atoms with van der Waals surface area (Å²) >= 11 is 0. The van der Waals surface area contributed by atoms with E-state index in [0.717, 1.165) is 0 Å². The van der Waals surface area contributed by atoms with Crippen molar-refractivity contribution >= 4 is 12.0 Å². The molecular weight excluding hydrogens is 184 g/mol. The topological polar surface area (TPSA) is 49.9 Å². The van der Waals surface area contributed by atoms with Gasteiger partial charge in [-0.05, 0) is 6.42 Å². The summed E-state index contributed by atoms with van der Waals surface area (Å²) in [6.45, 7) is 1.11. The molecule has 1 aliphatic heterocycles. The molecule has 0 bridgehead atoms. The van der Waals surface area contributed by atoms with Crippen LogP contribution in [0, 0.1) is 5.92 Å². The highest BCUT2D eigenvalue weighted by molar-refractivity contribution is 5.77. The first kappa shape index (κ1) is 10.8. The number of rotatable bonds is 1. The van der Waals surface area contributed by atoms with Crippen LogP contribution in [0.3, 0.4) is 0 Å². The molecule has 2 amide bonds. The average Bonchev–Trinajstić information content (AvgIpc) is 2.64. The Bertz CT molecular complexity index is 240. The molecule has 1 saturated heterocycles. The summed E-state index contributed by atoms with van der Waals surface area (Å²) < 4.78 is 4.63. The molecule has 5 nitrogen and oxygen atoms in total. The Morgan fingerprint density at radius 2 is 2.07 bits per heavy atom. The van der Waals surface area contributed by atoms with Crippen LogP contribution >= 0.6 is 0 Å². The third-order valence-electron chi connectivity index (χ3n) is 2.38. The van der Waals surface area contributed by atoms with Crippen LogP contribution in [0.2, 0.25) is 0 Å². The maximum Gasteiger partial charge on any atom is 0.319 e. The molecule has 0 aromatic heterocycles. The second-order valence-corrected chi connectivity index (χ2v) is 3.63. The van der Waals surface area contributed by atoms with Gasteiger partial charge in [0.05, 0.1) is 13.0 Å². The van der Waals surface area contributed by atoms with Crippen molar-refractivity contribution in [3.63, 3.8) is 0 Å². The second kappa shape index (κ2) is 4.30. The van der Waals surface area contributed by atoms with Crippen LogP contribution in [0.1, 0.15) is 6.42 Å². The van der Waals surface area contributed by atoms with Gasteiger partial charge in [0.2, 0.25) is 0 Å². The average molecular weight is 200 g/mol. The smallest absolute Gasteiger partial charge is 0.319 e. The van der Waals surface area contributed by atoms with Crippen molar-refractivity contribution in [1.82, 2.24) is 9.80 Å². The molecule has 1 aliphatic rings. The molecule has 0 spiro atoms. The molecule has 80 valence electrons. The number of amides is 2. The van der Waals surface area contributed by atoms with Gasteiger partial charge in [0, 0.05) is 27.2 Å². The van der Waals surface area contributed by atoms with E-state index in [-0.39, 0.29) is 17.9 Å². The molecule has 0 aliphatic carbocycles. The molecule has 1 heterocycles. The van der Waals surface area contributed by atoms with Crippen LogP contribution in [-0.2, 0) is 9.53 Å². The zero-order chi connectivity index (χ0) is 10.7.